The van der Waals surface area contributed by atoms with Gasteiger partial charge in [-0.3, -0.25) is 10.1 Å². The highest BCUT2D eigenvalue weighted by Gasteiger charge is 2.12. The molecule has 0 aromatic heterocycles. The monoisotopic (exact) mass is 333 g/mol. The topological polar surface area (TPSA) is 80.1 Å². The van der Waals surface area contributed by atoms with Crippen LogP contribution in [0.2, 0.25) is 0 Å². The Kier molecular flexibility index (Phi) is 6.24. The van der Waals surface area contributed by atoms with Gasteiger partial charge in [0.15, 0.2) is 11.5 Å². The second kappa shape index (κ2) is 8.61. The summed E-state index contributed by atoms with van der Waals surface area (Å²) in [6.07, 6.45) is 0. The van der Waals surface area contributed by atoms with Crippen molar-refractivity contribution in [2.75, 3.05) is 26.9 Å². The van der Waals surface area contributed by atoms with Crippen molar-refractivity contribution in [3.05, 3.63) is 52.6 Å². The van der Waals surface area contributed by atoms with Crippen molar-refractivity contribution >= 4 is 5.69 Å². The molecule has 2 rings (SSSR count). The van der Waals surface area contributed by atoms with E-state index in [0.29, 0.717) is 30.5 Å². The summed E-state index contributed by atoms with van der Waals surface area (Å²) in [6.45, 7) is 3.05. The average molecular weight is 333 g/mol. The number of hydrogen-bond donors (Lipinski definition) is 0. The van der Waals surface area contributed by atoms with Gasteiger partial charge in [0.25, 0.3) is 5.69 Å². The SMILES string of the molecule is CCOc1ccc(OCCOc2cc([N+](=O)[O-])ccc2OC)cc1. The van der Waals surface area contributed by atoms with Crippen molar-refractivity contribution in [2.45, 2.75) is 6.92 Å². The second-order valence-electron chi connectivity index (χ2n) is 4.69. The van der Waals surface area contributed by atoms with Gasteiger partial charge in [0.05, 0.1) is 24.7 Å². The van der Waals surface area contributed by atoms with E-state index in [1.807, 2.05) is 19.1 Å². The number of ether oxygens (including phenoxy) is 4. The molecule has 0 aliphatic carbocycles. The summed E-state index contributed by atoms with van der Waals surface area (Å²) in [6, 6.07) is 11.4. The van der Waals surface area contributed by atoms with Gasteiger partial charge in [0.2, 0.25) is 0 Å². The minimum atomic E-state index is -0.483. The van der Waals surface area contributed by atoms with Crippen LogP contribution in [0.4, 0.5) is 5.69 Å². The summed E-state index contributed by atoms with van der Waals surface area (Å²) >= 11 is 0. The standard InChI is InChI=1S/C17H19NO6/c1-3-22-14-5-7-15(8-6-14)23-10-11-24-17-12-13(18(19)20)4-9-16(17)21-2/h4-9,12H,3,10-11H2,1-2H3. The van der Waals surface area contributed by atoms with Crippen LogP contribution in [0.3, 0.4) is 0 Å². The molecule has 0 saturated carbocycles. The third-order valence-electron chi connectivity index (χ3n) is 3.10. The maximum absolute atomic E-state index is 10.8. The molecular formula is C17H19NO6. The minimum absolute atomic E-state index is 0.0572. The number of benzene rings is 2. The van der Waals surface area contributed by atoms with E-state index in [1.165, 1.54) is 25.3 Å². The Balaban J connectivity index is 1.87. The average Bonchev–Trinajstić information content (AvgIpc) is 2.60. The van der Waals surface area contributed by atoms with Crippen LogP contribution in [0.25, 0.3) is 0 Å². The molecule has 7 heteroatoms. The molecule has 0 spiro atoms. The van der Waals surface area contributed by atoms with Gasteiger partial charge in [-0.05, 0) is 37.3 Å². The van der Waals surface area contributed by atoms with Gasteiger partial charge in [-0.25, -0.2) is 0 Å². The Labute approximate surface area is 139 Å². The van der Waals surface area contributed by atoms with Crippen molar-refractivity contribution in [3.8, 4) is 23.0 Å². The van der Waals surface area contributed by atoms with Crippen LogP contribution in [0.1, 0.15) is 6.92 Å². The Morgan fingerprint density at radius 2 is 1.54 bits per heavy atom. The molecule has 0 radical (unpaired) electrons. The maximum Gasteiger partial charge on any atom is 0.273 e. The van der Waals surface area contributed by atoms with Crippen LogP contribution < -0.4 is 18.9 Å². The van der Waals surface area contributed by atoms with Gasteiger partial charge in [0, 0.05) is 6.07 Å². The molecule has 0 amide bonds. The van der Waals surface area contributed by atoms with E-state index >= 15 is 0 Å². The fourth-order valence-corrected chi connectivity index (χ4v) is 2.00. The molecule has 0 aliphatic rings. The number of rotatable bonds is 9. The predicted octanol–water partition coefficient (Wildman–Crippen LogP) is 3.46. The van der Waals surface area contributed by atoms with Crippen LogP contribution in [0, 0.1) is 10.1 Å². The Hall–Kier alpha value is -2.96. The lowest BCUT2D eigenvalue weighted by atomic mass is 10.3. The van der Waals surface area contributed by atoms with Crippen molar-refractivity contribution < 1.29 is 23.9 Å². The highest BCUT2D eigenvalue weighted by Crippen LogP contribution is 2.31. The van der Waals surface area contributed by atoms with Gasteiger partial charge in [-0.2, -0.15) is 0 Å². The molecule has 0 bridgehead atoms. The van der Waals surface area contributed by atoms with Gasteiger partial charge in [-0.1, -0.05) is 0 Å². The smallest absolute Gasteiger partial charge is 0.273 e. The van der Waals surface area contributed by atoms with Crippen molar-refractivity contribution in [3.63, 3.8) is 0 Å². The number of nitro benzene ring substituents is 1. The summed E-state index contributed by atoms with van der Waals surface area (Å²) in [5.41, 5.74) is -0.0572. The normalized spacial score (nSPS) is 10.1. The first kappa shape index (κ1) is 17.4. The van der Waals surface area contributed by atoms with E-state index < -0.39 is 4.92 Å². The molecule has 0 fully saturated rings. The summed E-state index contributed by atoms with van der Waals surface area (Å²) in [5, 5.41) is 10.8. The lowest BCUT2D eigenvalue weighted by molar-refractivity contribution is -0.385. The Morgan fingerprint density at radius 3 is 2.12 bits per heavy atom. The number of non-ortho nitro benzene ring substituents is 1. The van der Waals surface area contributed by atoms with E-state index in [2.05, 4.69) is 0 Å². The van der Waals surface area contributed by atoms with Crippen LogP contribution in [0.15, 0.2) is 42.5 Å². The second-order valence-corrected chi connectivity index (χ2v) is 4.69. The van der Waals surface area contributed by atoms with Gasteiger partial charge < -0.3 is 18.9 Å². The third kappa shape index (κ3) is 4.77. The molecule has 128 valence electrons. The molecule has 2 aromatic carbocycles. The largest absolute Gasteiger partial charge is 0.494 e. The molecule has 0 atom stereocenters. The molecule has 2 aromatic rings. The lowest BCUT2D eigenvalue weighted by Gasteiger charge is -2.11. The molecule has 0 unspecified atom stereocenters. The lowest BCUT2D eigenvalue weighted by Crippen LogP contribution is -2.09. The number of nitrogens with zero attached hydrogens (tertiary/aromatic N) is 1. The summed E-state index contributed by atoms with van der Waals surface area (Å²) in [4.78, 5) is 10.3. The van der Waals surface area contributed by atoms with E-state index in [9.17, 15) is 10.1 Å². The summed E-state index contributed by atoms with van der Waals surface area (Å²) < 4.78 is 21.6. The molecule has 24 heavy (non-hydrogen) atoms. The van der Waals surface area contributed by atoms with E-state index in [0.717, 1.165) is 5.75 Å². The highest BCUT2D eigenvalue weighted by molar-refractivity contribution is 5.48. The molecule has 0 N–H and O–H groups in total. The first-order valence-corrected chi connectivity index (χ1v) is 7.45. The highest BCUT2D eigenvalue weighted by atomic mass is 16.6. The predicted molar refractivity (Wildman–Crippen MR) is 88.2 cm³/mol. The molecule has 0 saturated heterocycles. The molecule has 0 heterocycles. The maximum atomic E-state index is 10.8. The first-order valence-electron chi connectivity index (χ1n) is 7.45. The quantitative estimate of drug-likeness (QED) is 0.397. The van der Waals surface area contributed by atoms with Gasteiger partial charge in [-0.15, -0.1) is 0 Å². The van der Waals surface area contributed by atoms with Crippen molar-refractivity contribution in [2.24, 2.45) is 0 Å². The summed E-state index contributed by atoms with van der Waals surface area (Å²) in [7, 11) is 1.48. The Bertz CT molecular complexity index is 671. The zero-order valence-corrected chi connectivity index (χ0v) is 13.6. The fourth-order valence-electron chi connectivity index (χ4n) is 2.00. The minimum Gasteiger partial charge on any atom is -0.494 e. The van der Waals surface area contributed by atoms with Crippen LogP contribution in [0.5, 0.6) is 23.0 Å². The zero-order chi connectivity index (χ0) is 17.4. The molecule has 7 nitrogen and oxygen atoms in total. The first-order chi connectivity index (χ1) is 11.6. The molecule has 0 aliphatic heterocycles. The van der Waals surface area contributed by atoms with E-state index in [-0.39, 0.29) is 12.3 Å². The van der Waals surface area contributed by atoms with Gasteiger partial charge >= 0.3 is 0 Å². The fraction of sp³-hybridized carbons (Fsp3) is 0.294. The van der Waals surface area contributed by atoms with Crippen LogP contribution in [-0.2, 0) is 0 Å². The van der Waals surface area contributed by atoms with Crippen LogP contribution in [-0.4, -0.2) is 31.9 Å². The number of nitro groups is 1. The summed E-state index contributed by atoms with van der Waals surface area (Å²) in [5.74, 6) is 2.21. The van der Waals surface area contributed by atoms with Crippen LogP contribution >= 0.6 is 0 Å². The van der Waals surface area contributed by atoms with Crippen molar-refractivity contribution in [1.29, 1.82) is 0 Å². The number of hydrogen-bond acceptors (Lipinski definition) is 6. The molecular weight excluding hydrogens is 314 g/mol. The number of methoxy groups -OCH3 is 1. The van der Waals surface area contributed by atoms with Crippen molar-refractivity contribution in [1.82, 2.24) is 0 Å². The van der Waals surface area contributed by atoms with E-state index in [1.54, 1.807) is 12.1 Å². The third-order valence-corrected chi connectivity index (χ3v) is 3.10. The van der Waals surface area contributed by atoms with Gasteiger partial charge in [0.1, 0.15) is 24.7 Å². The Morgan fingerprint density at radius 1 is 0.917 bits per heavy atom. The van der Waals surface area contributed by atoms with E-state index in [4.69, 9.17) is 18.9 Å². The zero-order valence-electron chi connectivity index (χ0n) is 13.6.